The molecular weight excluding hydrogens is 264 g/mol. The molecule has 0 fully saturated rings. The minimum absolute atomic E-state index is 0.188. The van der Waals surface area contributed by atoms with Crippen molar-refractivity contribution in [3.05, 3.63) is 23.3 Å². The molecule has 1 aromatic carbocycles. The maximum Gasteiger partial charge on any atom is 0.125 e. The Bertz CT molecular complexity index is 536. The fraction of sp³-hybridized carbons (Fsp3) is 0.588. The highest BCUT2D eigenvalue weighted by molar-refractivity contribution is 5.51. The highest BCUT2D eigenvalue weighted by atomic mass is 16.5. The van der Waals surface area contributed by atoms with E-state index in [-0.39, 0.29) is 18.2 Å². The van der Waals surface area contributed by atoms with Crippen molar-refractivity contribution in [1.29, 1.82) is 5.26 Å². The van der Waals surface area contributed by atoms with Crippen LogP contribution in [0.5, 0.6) is 11.5 Å². The van der Waals surface area contributed by atoms with Crippen molar-refractivity contribution in [2.24, 2.45) is 0 Å². The van der Waals surface area contributed by atoms with Gasteiger partial charge in [-0.15, -0.1) is 0 Å². The van der Waals surface area contributed by atoms with Gasteiger partial charge in [-0.3, -0.25) is 5.32 Å². The van der Waals surface area contributed by atoms with Gasteiger partial charge in [-0.25, -0.2) is 0 Å². The summed E-state index contributed by atoms with van der Waals surface area (Å²) in [6, 6.07) is 6.22. The fourth-order valence-corrected chi connectivity index (χ4v) is 2.56. The van der Waals surface area contributed by atoms with Crippen LogP contribution in [0.4, 0.5) is 0 Å². The summed E-state index contributed by atoms with van der Waals surface area (Å²) in [6.45, 7) is 8.78. The lowest BCUT2D eigenvalue weighted by Gasteiger charge is -2.20. The molecule has 3 unspecified atom stereocenters. The summed E-state index contributed by atoms with van der Waals surface area (Å²) in [7, 11) is 0. The zero-order valence-corrected chi connectivity index (χ0v) is 13.3. The quantitative estimate of drug-likeness (QED) is 0.872. The molecule has 0 saturated heterocycles. The molecule has 21 heavy (non-hydrogen) atoms. The highest BCUT2D eigenvalue weighted by Gasteiger charge is 2.25. The Hall–Kier alpha value is -1.73. The fourth-order valence-electron chi connectivity index (χ4n) is 2.56. The van der Waals surface area contributed by atoms with E-state index in [4.69, 9.17) is 9.47 Å². The number of hydrogen-bond donors (Lipinski definition) is 1. The molecule has 0 spiro atoms. The first-order valence-corrected chi connectivity index (χ1v) is 7.70. The summed E-state index contributed by atoms with van der Waals surface area (Å²) >= 11 is 0. The van der Waals surface area contributed by atoms with E-state index in [1.807, 2.05) is 19.1 Å². The van der Waals surface area contributed by atoms with Crippen LogP contribution in [0.25, 0.3) is 0 Å². The van der Waals surface area contributed by atoms with Crippen LogP contribution < -0.4 is 14.8 Å². The molecule has 1 N–H and O–H groups in total. The van der Waals surface area contributed by atoms with Crippen LogP contribution in [0, 0.1) is 11.3 Å². The van der Waals surface area contributed by atoms with E-state index >= 15 is 0 Å². The van der Waals surface area contributed by atoms with Gasteiger partial charge in [0.15, 0.2) is 0 Å². The number of fused-ring (bicyclic) bond motifs is 1. The van der Waals surface area contributed by atoms with Crippen molar-refractivity contribution in [2.75, 3.05) is 6.61 Å². The predicted molar refractivity (Wildman–Crippen MR) is 82.6 cm³/mol. The van der Waals surface area contributed by atoms with Crippen molar-refractivity contribution < 1.29 is 9.47 Å². The summed E-state index contributed by atoms with van der Waals surface area (Å²) in [5.41, 5.74) is 2.03. The summed E-state index contributed by atoms with van der Waals surface area (Å²) in [5, 5.41) is 12.8. The summed E-state index contributed by atoms with van der Waals surface area (Å²) in [6.07, 6.45) is 2.06. The number of nitrogens with one attached hydrogen (secondary N) is 1. The molecular formula is C17H24N2O2. The van der Waals surface area contributed by atoms with Gasteiger partial charge >= 0.3 is 0 Å². The van der Waals surface area contributed by atoms with E-state index in [0.29, 0.717) is 6.61 Å². The molecule has 2 rings (SSSR count). The molecule has 1 aliphatic rings. The largest absolute Gasteiger partial charge is 0.493 e. The van der Waals surface area contributed by atoms with E-state index in [0.717, 1.165) is 35.5 Å². The minimum Gasteiger partial charge on any atom is -0.493 e. The van der Waals surface area contributed by atoms with Crippen LogP contribution in [0.2, 0.25) is 0 Å². The van der Waals surface area contributed by atoms with Gasteiger partial charge in [-0.2, -0.15) is 5.26 Å². The monoisotopic (exact) mass is 288 g/mol. The first-order chi connectivity index (χ1) is 10.1. The van der Waals surface area contributed by atoms with Crippen LogP contribution >= 0.6 is 0 Å². The summed E-state index contributed by atoms with van der Waals surface area (Å²) in [4.78, 5) is 0. The first-order valence-electron chi connectivity index (χ1n) is 7.70. The van der Waals surface area contributed by atoms with E-state index in [1.165, 1.54) is 0 Å². The lowest BCUT2D eigenvalue weighted by atomic mass is 10.0. The third kappa shape index (κ3) is 3.48. The molecule has 0 aromatic heterocycles. The first kappa shape index (κ1) is 15.7. The number of nitriles is 1. The van der Waals surface area contributed by atoms with Crippen LogP contribution in [0.1, 0.15) is 51.3 Å². The Morgan fingerprint density at radius 3 is 2.86 bits per heavy atom. The van der Waals surface area contributed by atoms with Crippen molar-refractivity contribution >= 4 is 0 Å². The number of nitrogens with zero attached hydrogens (tertiary/aromatic N) is 1. The van der Waals surface area contributed by atoms with Crippen LogP contribution in [0.15, 0.2) is 12.1 Å². The zero-order valence-electron chi connectivity index (χ0n) is 13.3. The molecule has 3 atom stereocenters. The summed E-state index contributed by atoms with van der Waals surface area (Å²) < 4.78 is 11.6. The van der Waals surface area contributed by atoms with Crippen LogP contribution in [-0.4, -0.2) is 18.8 Å². The number of rotatable bonds is 6. The van der Waals surface area contributed by atoms with E-state index < -0.39 is 0 Å². The third-order valence-electron chi connectivity index (χ3n) is 3.83. The van der Waals surface area contributed by atoms with E-state index in [2.05, 4.69) is 32.2 Å². The molecule has 1 heterocycles. The molecule has 0 amide bonds. The normalized spacial score (nSPS) is 19.3. The standard InChI is InChI=1S/C17H24N2O2/c1-5-11(3)19-15(10-18)14-9-16-13(7-12(4)21-16)8-17(14)20-6-2/h8-9,11-12,15,19H,5-7H2,1-4H3. The van der Waals surface area contributed by atoms with Gasteiger partial charge in [0.1, 0.15) is 23.6 Å². The average molecular weight is 288 g/mol. The van der Waals surface area contributed by atoms with E-state index in [9.17, 15) is 5.26 Å². The van der Waals surface area contributed by atoms with Crippen LogP contribution in [-0.2, 0) is 6.42 Å². The Balaban J connectivity index is 2.36. The second kappa shape index (κ2) is 6.82. The maximum atomic E-state index is 9.51. The third-order valence-corrected chi connectivity index (χ3v) is 3.83. The lowest BCUT2D eigenvalue weighted by molar-refractivity contribution is 0.254. The topological polar surface area (TPSA) is 54.3 Å². The molecule has 0 radical (unpaired) electrons. The average Bonchev–Trinajstić information content (AvgIpc) is 2.83. The molecule has 0 saturated carbocycles. The Morgan fingerprint density at radius 1 is 1.48 bits per heavy atom. The second-order valence-corrected chi connectivity index (χ2v) is 5.60. The van der Waals surface area contributed by atoms with Crippen molar-refractivity contribution in [3.8, 4) is 17.6 Å². The Kier molecular flexibility index (Phi) is 5.08. The SMILES string of the molecule is CCOc1cc2c(cc1C(C#N)NC(C)CC)OC(C)C2. The second-order valence-electron chi connectivity index (χ2n) is 5.60. The number of benzene rings is 1. The van der Waals surface area contributed by atoms with Gasteiger partial charge in [0, 0.05) is 23.6 Å². The van der Waals surface area contributed by atoms with Gasteiger partial charge in [-0.05, 0) is 39.3 Å². The Labute approximate surface area is 127 Å². The van der Waals surface area contributed by atoms with E-state index in [1.54, 1.807) is 0 Å². The lowest BCUT2D eigenvalue weighted by Crippen LogP contribution is -2.29. The van der Waals surface area contributed by atoms with Gasteiger partial charge in [0.25, 0.3) is 0 Å². The molecule has 114 valence electrons. The minimum atomic E-state index is -0.383. The Morgan fingerprint density at radius 2 is 2.24 bits per heavy atom. The zero-order chi connectivity index (χ0) is 15.4. The van der Waals surface area contributed by atoms with Gasteiger partial charge < -0.3 is 9.47 Å². The molecule has 1 aliphatic heterocycles. The molecule has 0 aliphatic carbocycles. The van der Waals surface area contributed by atoms with Crippen molar-refractivity contribution in [3.63, 3.8) is 0 Å². The van der Waals surface area contributed by atoms with Gasteiger partial charge in [0.2, 0.25) is 0 Å². The van der Waals surface area contributed by atoms with Gasteiger partial charge in [0.05, 0.1) is 12.7 Å². The maximum absolute atomic E-state index is 9.51. The number of hydrogen-bond acceptors (Lipinski definition) is 4. The molecule has 1 aromatic rings. The van der Waals surface area contributed by atoms with Crippen molar-refractivity contribution in [1.82, 2.24) is 5.32 Å². The predicted octanol–water partition coefficient (Wildman–Crippen LogP) is 3.36. The number of ether oxygens (including phenoxy) is 2. The molecule has 0 bridgehead atoms. The molecule has 4 heteroatoms. The highest BCUT2D eigenvalue weighted by Crippen LogP contribution is 2.37. The van der Waals surface area contributed by atoms with Gasteiger partial charge in [-0.1, -0.05) is 6.92 Å². The smallest absolute Gasteiger partial charge is 0.125 e. The van der Waals surface area contributed by atoms with Crippen molar-refractivity contribution in [2.45, 2.75) is 58.7 Å². The summed E-state index contributed by atoms with van der Waals surface area (Å²) in [5.74, 6) is 1.67. The molecule has 4 nitrogen and oxygen atoms in total. The van der Waals surface area contributed by atoms with Crippen LogP contribution in [0.3, 0.4) is 0 Å².